The van der Waals surface area contributed by atoms with E-state index in [1.54, 1.807) is 6.92 Å². The average molecular weight is 337 g/mol. The Balaban J connectivity index is 2.74. The molecule has 18 heavy (non-hydrogen) atoms. The van der Waals surface area contributed by atoms with Crippen molar-refractivity contribution < 1.29 is 18.9 Å². The highest BCUT2D eigenvalue weighted by Gasteiger charge is 2.70. The van der Waals surface area contributed by atoms with Crippen molar-refractivity contribution in [1.29, 1.82) is 0 Å². The monoisotopic (exact) mass is 335 g/mol. The third kappa shape index (κ3) is 2.67. The first-order valence-electron chi connectivity index (χ1n) is 5.12. The van der Waals surface area contributed by atoms with Gasteiger partial charge in [-0.05, 0) is 6.92 Å². The molecule has 1 fully saturated rings. The second kappa shape index (κ2) is 5.63. The molecule has 1 heterocycles. The highest BCUT2D eigenvalue weighted by molar-refractivity contribution is 7.93. The summed E-state index contributed by atoms with van der Waals surface area (Å²) in [5, 5.41) is 0. The Bertz CT molecular complexity index is 364. The van der Waals surface area contributed by atoms with Crippen LogP contribution in [0, 0.1) is 0 Å². The molecule has 0 aromatic rings. The maximum Gasteiger partial charge on any atom is 0.307 e. The van der Waals surface area contributed by atoms with Crippen LogP contribution in [0.15, 0.2) is 0 Å². The Kier molecular flexibility index (Phi) is 5.06. The fourth-order valence-electron chi connectivity index (χ4n) is 1.35. The first-order chi connectivity index (χ1) is 8.16. The van der Waals surface area contributed by atoms with E-state index >= 15 is 0 Å². The molecule has 1 aliphatic heterocycles. The fraction of sp³-hybridized carbons (Fsp3) is 0.778. The summed E-state index contributed by atoms with van der Waals surface area (Å²) < 4.78 is 14.0. The fourth-order valence-corrected chi connectivity index (χ4v) is 3.65. The number of halogens is 3. The molecule has 0 aromatic heterocycles. The summed E-state index contributed by atoms with van der Waals surface area (Å²) in [6.45, 7) is 3.11. The molecule has 0 radical (unpaired) electrons. The molecule has 9 heteroatoms. The lowest BCUT2D eigenvalue weighted by Gasteiger charge is -2.23. The zero-order valence-corrected chi connectivity index (χ0v) is 12.8. The van der Waals surface area contributed by atoms with E-state index in [-0.39, 0.29) is 19.6 Å². The van der Waals surface area contributed by atoms with Crippen molar-refractivity contribution in [3.05, 3.63) is 0 Å². The van der Waals surface area contributed by atoms with Gasteiger partial charge in [0.1, 0.15) is 0 Å². The van der Waals surface area contributed by atoms with Crippen LogP contribution < -0.4 is 0 Å². The minimum absolute atomic E-state index is 0.0951. The Morgan fingerprint density at radius 3 is 2.44 bits per heavy atom. The predicted octanol–water partition coefficient (Wildman–Crippen LogP) is 1.57. The van der Waals surface area contributed by atoms with E-state index in [1.807, 2.05) is 0 Å². The van der Waals surface area contributed by atoms with Crippen LogP contribution in [-0.2, 0) is 25.7 Å². The summed E-state index contributed by atoms with van der Waals surface area (Å²) in [7, 11) is 0. The molecule has 1 rings (SSSR count). The van der Waals surface area contributed by atoms with E-state index in [4.69, 9.17) is 39.5 Å². The molecule has 0 bridgehead atoms. The minimum Gasteiger partial charge on any atom is -0.591 e. The smallest absolute Gasteiger partial charge is 0.307 e. The van der Waals surface area contributed by atoms with Crippen molar-refractivity contribution in [2.45, 2.75) is 28.8 Å². The summed E-state index contributed by atoms with van der Waals surface area (Å²) in [4.78, 5) is 23.0. The molecular formula is C9H12Cl3NO4S. The Morgan fingerprint density at radius 1 is 1.50 bits per heavy atom. The summed E-state index contributed by atoms with van der Waals surface area (Å²) in [5.41, 5.74) is 0. The molecule has 2 atom stereocenters. The van der Waals surface area contributed by atoms with Crippen LogP contribution in [0.5, 0.6) is 0 Å². The number of alkyl halides is 3. The van der Waals surface area contributed by atoms with Gasteiger partial charge in [0, 0.05) is 6.92 Å². The Labute approximate surface area is 123 Å². The number of amides is 1. The SMILES string of the molecule is CCOC(=O)CCN1C(=O)C(Cl)(Cl)C(C)(Cl)[S+]1[O-]. The quantitative estimate of drug-likeness (QED) is 0.444. The molecule has 5 nitrogen and oxygen atoms in total. The number of nitrogens with zero attached hydrogens (tertiary/aromatic N) is 1. The van der Waals surface area contributed by atoms with Crippen LogP contribution in [0.3, 0.4) is 0 Å². The molecule has 1 aliphatic rings. The lowest BCUT2D eigenvalue weighted by atomic mass is 10.3. The zero-order valence-electron chi connectivity index (χ0n) is 9.74. The van der Waals surface area contributed by atoms with E-state index < -0.39 is 31.8 Å². The number of hydrogen-bond acceptors (Lipinski definition) is 4. The maximum atomic E-state index is 12.0. The summed E-state index contributed by atoms with van der Waals surface area (Å²) >= 11 is 15.6. The Morgan fingerprint density at radius 2 is 2.06 bits per heavy atom. The van der Waals surface area contributed by atoms with Crippen molar-refractivity contribution in [2.75, 3.05) is 13.2 Å². The third-order valence-electron chi connectivity index (χ3n) is 2.41. The minimum atomic E-state index is -1.98. The number of esters is 1. The van der Waals surface area contributed by atoms with Crippen molar-refractivity contribution >= 4 is 58.0 Å². The molecule has 1 amide bonds. The van der Waals surface area contributed by atoms with E-state index in [9.17, 15) is 14.1 Å². The first kappa shape index (κ1) is 16.2. The largest absolute Gasteiger partial charge is 0.591 e. The Hall–Kier alpha value is 0.120. The molecule has 0 spiro atoms. The van der Waals surface area contributed by atoms with E-state index in [2.05, 4.69) is 0 Å². The van der Waals surface area contributed by atoms with Gasteiger partial charge in [0.15, 0.2) is 0 Å². The lowest BCUT2D eigenvalue weighted by Crippen LogP contribution is -2.41. The van der Waals surface area contributed by atoms with E-state index in [1.165, 1.54) is 6.92 Å². The first-order valence-corrected chi connectivity index (χ1v) is 7.36. The van der Waals surface area contributed by atoms with Crippen molar-refractivity contribution in [1.82, 2.24) is 4.31 Å². The van der Waals surface area contributed by atoms with Gasteiger partial charge in [0.2, 0.25) is 0 Å². The van der Waals surface area contributed by atoms with Crippen molar-refractivity contribution in [3.8, 4) is 0 Å². The van der Waals surface area contributed by atoms with Gasteiger partial charge in [-0.3, -0.25) is 9.59 Å². The van der Waals surface area contributed by atoms with E-state index in [0.29, 0.717) is 0 Å². The zero-order chi connectivity index (χ0) is 14.1. The second-order valence-electron chi connectivity index (χ2n) is 3.70. The van der Waals surface area contributed by atoms with Crippen LogP contribution >= 0.6 is 34.8 Å². The lowest BCUT2D eigenvalue weighted by molar-refractivity contribution is -0.143. The average Bonchev–Trinajstić information content (AvgIpc) is 2.38. The van der Waals surface area contributed by atoms with E-state index in [0.717, 1.165) is 4.31 Å². The third-order valence-corrected chi connectivity index (χ3v) is 6.30. The standard InChI is InChI=1S/C9H12Cl3NO4S/c1-3-17-6(14)4-5-13-7(15)9(11,12)8(2,10)18(13)16/h3-5H2,1-2H3. The molecule has 104 valence electrons. The normalized spacial score (nSPS) is 30.7. The molecule has 1 saturated heterocycles. The molecule has 0 N–H and O–H groups in total. The van der Waals surface area contributed by atoms with Crippen LogP contribution in [0.2, 0.25) is 0 Å². The van der Waals surface area contributed by atoms with Gasteiger partial charge in [-0.25, -0.2) is 0 Å². The van der Waals surface area contributed by atoms with Crippen LogP contribution in [-0.4, -0.2) is 42.4 Å². The number of ether oxygens (including phenoxy) is 1. The van der Waals surface area contributed by atoms with Crippen LogP contribution in [0.1, 0.15) is 20.3 Å². The van der Waals surface area contributed by atoms with Gasteiger partial charge >= 0.3 is 11.9 Å². The predicted molar refractivity (Wildman–Crippen MR) is 69.8 cm³/mol. The second-order valence-corrected chi connectivity index (χ2v) is 7.77. The van der Waals surface area contributed by atoms with Gasteiger partial charge in [-0.1, -0.05) is 34.8 Å². The van der Waals surface area contributed by atoms with Gasteiger partial charge in [-0.15, -0.1) is 0 Å². The van der Waals surface area contributed by atoms with Gasteiger partial charge in [0.25, 0.3) is 8.54 Å². The van der Waals surface area contributed by atoms with Gasteiger partial charge < -0.3 is 9.29 Å². The summed E-state index contributed by atoms with van der Waals surface area (Å²) in [5.74, 6) is -1.27. The molecule has 0 aliphatic carbocycles. The molecule has 0 aromatic carbocycles. The highest BCUT2D eigenvalue weighted by atomic mass is 35.5. The molecule has 2 unspecified atom stereocenters. The van der Waals surface area contributed by atoms with Gasteiger partial charge in [0.05, 0.1) is 30.9 Å². The van der Waals surface area contributed by atoms with Crippen LogP contribution in [0.4, 0.5) is 0 Å². The highest BCUT2D eigenvalue weighted by Crippen LogP contribution is 2.51. The van der Waals surface area contributed by atoms with Gasteiger partial charge in [-0.2, -0.15) is 4.31 Å². The topological polar surface area (TPSA) is 69.7 Å². The number of carbonyl (C=O) groups excluding carboxylic acids is 2. The molecular weight excluding hydrogens is 325 g/mol. The number of carbonyl (C=O) groups is 2. The maximum absolute atomic E-state index is 12.0. The summed E-state index contributed by atoms with van der Waals surface area (Å²) in [6.07, 6.45) is -0.0951. The summed E-state index contributed by atoms with van der Waals surface area (Å²) in [6, 6.07) is 0. The number of rotatable bonds is 4. The van der Waals surface area contributed by atoms with Crippen molar-refractivity contribution in [2.24, 2.45) is 0 Å². The number of hydrogen-bond donors (Lipinski definition) is 0. The van der Waals surface area contributed by atoms with Crippen LogP contribution in [0.25, 0.3) is 0 Å². The molecule has 0 saturated carbocycles. The van der Waals surface area contributed by atoms with Crippen molar-refractivity contribution in [3.63, 3.8) is 0 Å².